The molecule has 0 radical (unpaired) electrons. The summed E-state index contributed by atoms with van der Waals surface area (Å²) in [6.45, 7) is 4.96. The van der Waals surface area contributed by atoms with E-state index in [0.29, 0.717) is 13.1 Å². The van der Waals surface area contributed by atoms with Crippen molar-refractivity contribution in [2.24, 2.45) is 5.92 Å². The summed E-state index contributed by atoms with van der Waals surface area (Å²) in [7, 11) is 3.48. The lowest BCUT2D eigenvalue weighted by molar-refractivity contribution is -0.121. The summed E-state index contributed by atoms with van der Waals surface area (Å²) in [6.07, 6.45) is 3.25. The Labute approximate surface area is 92.0 Å². The zero-order chi connectivity index (χ0) is 11.8. The third kappa shape index (κ3) is 7.11. The Kier molecular flexibility index (Phi) is 6.99. The van der Waals surface area contributed by atoms with E-state index < -0.39 is 6.10 Å². The Bertz CT molecular complexity index is 215. The maximum Gasteiger partial charge on any atom is 0.233 e. The van der Waals surface area contributed by atoms with Gasteiger partial charge >= 0.3 is 0 Å². The van der Waals surface area contributed by atoms with Crippen LogP contribution in [-0.2, 0) is 4.79 Å². The van der Waals surface area contributed by atoms with Gasteiger partial charge in [-0.1, -0.05) is 26.0 Å². The minimum atomic E-state index is -0.404. The number of hydrogen-bond donors (Lipinski definition) is 2. The van der Waals surface area contributed by atoms with E-state index in [1.165, 1.54) is 0 Å². The van der Waals surface area contributed by atoms with Crippen molar-refractivity contribution in [1.82, 2.24) is 10.2 Å². The van der Waals surface area contributed by atoms with Crippen molar-refractivity contribution in [3.8, 4) is 0 Å². The molecule has 1 atom stereocenters. The quantitative estimate of drug-likeness (QED) is 0.623. The standard InChI is InChI=1S/C11H22N2O2/c1-9(2)10(14)6-5-7-13(4)8-11(15)12-3/h5-6,9-10,14H,7-8H2,1-4H3,(H,12,15)/b6-5+. The van der Waals surface area contributed by atoms with Crippen molar-refractivity contribution in [2.45, 2.75) is 20.0 Å². The number of aliphatic hydroxyl groups excluding tert-OH is 1. The summed E-state index contributed by atoms with van der Waals surface area (Å²) in [5.41, 5.74) is 0. The topological polar surface area (TPSA) is 52.6 Å². The van der Waals surface area contributed by atoms with Gasteiger partial charge in [0.15, 0.2) is 0 Å². The molecule has 0 aliphatic rings. The number of carbonyl (C=O) groups excluding carboxylic acids is 1. The van der Waals surface area contributed by atoms with E-state index in [-0.39, 0.29) is 11.8 Å². The Morgan fingerprint density at radius 1 is 1.53 bits per heavy atom. The van der Waals surface area contributed by atoms with Gasteiger partial charge in [-0.15, -0.1) is 0 Å². The monoisotopic (exact) mass is 214 g/mol. The Morgan fingerprint density at radius 2 is 2.13 bits per heavy atom. The highest BCUT2D eigenvalue weighted by Crippen LogP contribution is 2.01. The first-order valence-electron chi connectivity index (χ1n) is 5.21. The highest BCUT2D eigenvalue weighted by Gasteiger charge is 2.05. The van der Waals surface area contributed by atoms with Crippen LogP contribution < -0.4 is 5.32 Å². The molecule has 0 saturated carbocycles. The van der Waals surface area contributed by atoms with E-state index in [0.717, 1.165) is 0 Å². The lowest BCUT2D eigenvalue weighted by Crippen LogP contribution is -2.33. The molecule has 0 aliphatic carbocycles. The number of aliphatic hydroxyl groups is 1. The van der Waals surface area contributed by atoms with Crippen molar-refractivity contribution >= 4 is 5.91 Å². The van der Waals surface area contributed by atoms with Gasteiger partial charge in [0.2, 0.25) is 5.91 Å². The predicted molar refractivity (Wildman–Crippen MR) is 61.5 cm³/mol. The van der Waals surface area contributed by atoms with Gasteiger partial charge in [-0.05, 0) is 13.0 Å². The molecule has 0 spiro atoms. The molecule has 0 aliphatic heterocycles. The molecule has 0 aromatic heterocycles. The van der Waals surface area contributed by atoms with Gasteiger partial charge in [0, 0.05) is 13.6 Å². The molecule has 4 heteroatoms. The second-order valence-corrected chi connectivity index (χ2v) is 4.03. The van der Waals surface area contributed by atoms with E-state index in [1.54, 1.807) is 13.1 Å². The first kappa shape index (κ1) is 14.1. The normalized spacial score (nSPS) is 13.8. The SMILES string of the molecule is CNC(=O)CN(C)C/C=C/C(O)C(C)C. The molecule has 15 heavy (non-hydrogen) atoms. The second-order valence-electron chi connectivity index (χ2n) is 4.03. The highest BCUT2D eigenvalue weighted by atomic mass is 16.3. The van der Waals surface area contributed by atoms with Gasteiger partial charge in [0.05, 0.1) is 12.6 Å². The molecule has 2 N–H and O–H groups in total. The molecule has 1 unspecified atom stereocenters. The lowest BCUT2D eigenvalue weighted by Gasteiger charge is -2.13. The van der Waals surface area contributed by atoms with Crippen molar-refractivity contribution in [3.05, 3.63) is 12.2 Å². The van der Waals surface area contributed by atoms with Crippen LogP contribution in [0.25, 0.3) is 0 Å². The average Bonchev–Trinajstić information content (AvgIpc) is 2.17. The molecular weight excluding hydrogens is 192 g/mol. The van der Waals surface area contributed by atoms with Crippen LogP contribution in [0.1, 0.15) is 13.8 Å². The average molecular weight is 214 g/mol. The molecule has 4 nitrogen and oxygen atoms in total. The van der Waals surface area contributed by atoms with Crippen LogP contribution in [-0.4, -0.2) is 49.2 Å². The number of hydrogen-bond acceptors (Lipinski definition) is 3. The summed E-state index contributed by atoms with van der Waals surface area (Å²) in [6, 6.07) is 0. The molecule has 0 fully saturated rings. The number of rotatable bonds is 6. The maximum absolute atomic E-state index is 11.0. The molecule has 0 heterocycles. The van der Waals surface area contributed by atoms with Gasteiger partial charge in [0.25, 0.3) is 0 Å². The summed E-state index contributed by atoms with van der Waals surface area (Å²) >= 11 is 0. The lowest BCUT2D eigenvalue weighted by atomic mass is 10.1. The fraction of sp³-hybridized carbons (Fsp3) is 0.727. The minimum Gasteiger partial charge on any atom is -0.389 e. The third-order valence-electron chi connectivity index (χ3n) is 2.13. The smallest absolute Gasteiger partial charge is 0.233 e. The van der Waals surface area contributed by atoms with Gasteiger partial charge in [0.1, 0.15) is 0 Å². The molecule has 0 aromatic carbocycles. The Hall–Kier alpha value is -0.870. The minimum absolute atomic E-state index is 0.00434. The van der Waals surface area contributed by atoms with E-state index in [4.69, 9.17) is 0 Å². The molecule has 0 aromatic rings. The zero-order valence-corrected chi connectivity index (χ0v) is 10.0. The predicted octanol–water partition coefficient (Wildman–Crippen LogP) is 0.237. The van der Waals surface area contributed by atoms with Crippen molar-refractivity contribution in [3.63, 3.8) is 0 Å². The van der Waals surface area contributed by atoms with Crippen LogP contribution in [0.4, 0.5) is 0 Å². The fourth-order valence-corrected chi connectivity index (χ4v) is 0.991. The largest absolute Gasteiger partial charge is 0.389 e. The van der Waals surface area contributed by atoms with Crippen LogP contribution in [0.15, 0.2) is 12.2 Å². The number of nitrogens with zero attached hydrogens (tertiary/aromatic N) is 1. The summed E-state index contributed by atoms with van der Waals surface area (Å²) in [5.74, 6) is 0.223. The maximum atomic E-state index is 11.0. The van der Waals surface area contributed by atoms with Crippen LogP contribution in [0.3, 0.4) is 0 Å². The zero-order valence-electron chi connectivity index (χ0n) is 10.0. The molecular formula is C11H22N2O2. The van der Waals surface area contributed by atoms with Crippen LogP contribution in [0.2, 0.25) is 0 Å². The molecule has 1 amide bonds. The fourth-order valence-electron chi connectivity index (χ4n) is 0.991. The molecule has 0 bridgehead atoms. The van der Waals surface area contributed by atoms with Gasteiger partial charge in [-0.3, -0.25) is 9.69 Å². The van der Waals surface area contributed by atoms with Gasteiger partial charge in [-0.25, -0.2) is 0 Å². The Balaban J connectivity index is 3.79. The first-order chi connectivity index (χ1) is 6.97. The van der Waals surface area contributed by atoms with Crippen LogP contribution in [0.5, 0.6) is 0 Å². The van der Waals surface area contributed by atoms with E-state index >= 15 is 0 Å². The van der Waals surface area contributed by atoms with Crippen molar-refractivity contribution < 1.29 is 9.90 Å². The van der Waals surface area contributed by atoms with Crippen molar-refractivity contribution in [1.29, 1.82) is 0 Å². The van der Waals surface area contributed by atoms with E-state index in [9.17, 15) is 9.90 Å². The molecule has 0 rings (SSSR count). The van der Waals surface area contributed by atoms with Crippen molar-refractivity contribution in [2.75, 3.05) is 27.2 Å². The van der Waals surface area contributed by atoms with E-state index in [1.807, 2.05) is 31.9 Å². The van der Waals surface area contributed by atoms with Gasteiger partial charge in [-0.2, -0.15) is 0 Å². The first-order valence-corrected chi connectivity index (χ1v) is 5.21. The molecule has 0 saturated heterocycles. The van der Waals surface area contributed by atoms with Crippen LogP contribution in [0, 0.1) is 5.92 Å². The summed E-state index contributed by atoms with van der Waals surface area (Å²) in [5, 5.41) is 12.0. The highest BCUT2D eigenvalue weighted by molar-refractivity contribution is 5.77. The number of amides is 1. The van der Waals surface area contributed by atoms with E-state index in [2.05, 4.69) is 5.32 Å². The third-order valence-corrected chi connectivity index (χ3v) is 2.13. The number of nitrogens with one attached hydrogen (secondary N) is 1. The summed E-state index contributed by atoms with van der Waals surface area (Å²) < 4.78 is 0. The van der Waals surface area contributed by atoms with Crippen LogP contribution >= 0.6 is 0 Å². The second kappa shape index (κ2) is 7.43. The Morgan fingerprint density at radius 3 is 2.60 bits per heavy atom. The summed E-state index contributed by atoms with van der Waals surface area (Å²) in [4.78, 5) is 12.9. The number of carbonyl (C=O) groups is 1. The number of likely N-dealkylation sites (N-methyl/N-ethyl adjacent to an activating group) is 2. The van der Waals surface area contributed by atoms with Gasteiger partial charge < -0.3 is 10.4 Å². The molecule has 88 valence electrons.